The highest BCUT2D eigenvalue weighted by Gasteiger charge is 2.18. The Balaban J connectivity index is 2.21. The lowest BCUT2D eigenvalue weighted by Crippen LogP contribution is -2.37. The normalized spacial score (nSPS) is 15.3. The first-order chi connectivity index (χ1) is 9.70. The SMILES string of the molecule is Cc1ccc2nc(N3CCOCC3)c(C)c(C#N)c2c1. The molecule has 4 nitrogen and oxygen atoms in total. The number of nitrogens with zero attached hydrogens (tertiary/aromatic N) is 3. The van der Waals surface area contributed by atoms with Crippen LogP contribution in [0.4, 0.5) is 5.82 Å². The van der Waals surface area contributed by atoms with Crippen LogP contribution in [0.2, 0.25) is 0 Å². The van der Waals surface area contributed by atoms with Crippen molar-refractivity contribution in [1.82, 2.24) is 4.98 Å². The minimum absolute atomic E-state index is 0.717. The Morgan fingerprint density at radius 3 is 2.70 bits per heavy atom. The number of hydrogen-bond donors (Lipinski definition) is 0. The average Bonchev–Trinajstić information content (AvgIpc) is 2.48. The number of benzene rings is 1. The van der Waals surface area contributed by atoms with Gasteiger partial charge in [0, 0.05) is 24.0 Å². The lowest BCUT2D eigenvalue weighted by Gasteiger charge is -2.29. The predicted octanol–water partition coefficient (Wildman–Crippen LogP) is 2.56. The van der Waals surface area contributed by atoms with Crippen molar-refractivity contribution in [2.75, 3.05) is 31.2 Å². The van der Waals surface area contributed by atoms with E-state index in [1.54, 1.807) is 0 Å². The van der Waals surface area contributed by atoms with Crippen molar-refractivity contribution in [2.24, 2.45) is 0 Å². The number of hydrogen-bond acceptors (Lipinski definition) is 4. The molecule has 0 amide bonds. The van der Waals surface area contributed by atoms with Gasteiger partial charge in [0.2, 0.25) is 0 Å². The van der Waals surface area contributed by atoms with Crippen LogP contribution in [0.5, 0.6) is 0 Å². The van der Waals surface area contributed by atoms with E-state index in [0.29, 0.717) is 0 Å². The highest BCUT2D eigenvalue weighted by Crippen LogP contribution is 2.28. The number of anilines is 1. The fourth-order valence-corrected chi connectivity index (χ4v) is 2.69. The van der Waals surface area contributed by atoms with E-state index in [-0.39, 0.29) is 0 Å². The summed E-state index contributed by atoms with van der Waals surface area (Å²) in [7, 11) is 0. The summed E-state index contributed by atoms with van der Waals surface area (Å²) in [5.74, 6) is 0.918. The van der Waals surface area contributed by atoms with Crippen molar-refractivity contribution >= 4 is 16.7 Å². The van der Waals surface area contributed by atoms with Crippen molar-refractivity contribution in [3.63, 3.8) is 0 Å². The molecule has 3 rings (SSSR count). The Labute approximate surface area is 118 Å². The monoisotopic (exact) mass is 267 g/mol. The van der Waals surface area contributed by atoms with Crippen LogP contribution in [0, 0.1) is 25.2 Å². The van der Waals surface area contributed by atoms with E-state index in [9.17, 15) is 5.26 Å². The van der Waals surface area contributed by atoms with Gasteiger partial charge >= 0.3 is 0 Å². The summed E-state index contributed by atoms with van der Waals surface area (Å²) in [4.78, 5) is 6.97. The Bertz CT molecular complexity index is 697. The third kappa shape index (κ3) is 2.10. The molecular weight excluding hydrogens is 250 g/mol. The Morgan fingerprint density at radius 1 is 1.25 bits per heavy atom. The molecule has 1 aliphatic rings. The Morgan fingerprint density at radius 2 is 2.00 bits per heavy atom. The molecule has 2 heterocycles. The van der Waals surface area contributed by atoms with Gasteiger partial charge in [-0.15, -0.1) is 0 Å². The van der Waals surface area contributed by atoms with Gasteiger partial charge in [0.1, 0.15) is 11.9 Å². The van der Waals surface area contributed by atoms with Crippen molar-refractivity contribution in [3.8, 4) is 6.07 Å². The Kier molecular flexibility index (Phi) is 3.29. The third-order valence-corrected chi connectivity index (χ3v) is 3.78. The van der Waals surface area contributed by atoms with Gasteiger partial charge in [-0.3, -0.25) is 0 Å². The standard InChI is InChI=1S/C16H17N3O/c1-11-3-4-15-13(9-11)14(10-17)12(2)16(18-15)19-5-7-20-8-6-19/h3-4,9H,5-8H2,1-2H3. The van der Waals surface area contributed by atoms with Crippen LogP contribution in [0.15, 0.2) is 18.2 Å². The molecule has 20 heavy (non-hydrogen) atoms. The van der Waals surface area contributed by atoms with Crippen LogP contribution < -0.4 is 4.90 Å². The number of nitriles is 1. The summed E-state index contributed by atoms with van der Waals surface area (Å²) in [5, 5.41) is 10.5. The van der Waals surface area contributed by atoms with Crippen LogP contribution in [-0.4, -0.2) is 31.3 Å². The molecule has 0 radical (unpaired) electrons. The molecule has 2 aromatic rings. The first-order valence-electron chi connectivity index (χ1n) is 6.84. The maximum Gasteiger partial charge on any atom is 0.133 e. The minimum Gasteiger partial charge on any atom is -0.378 e. The van der Waals surface area contributed by atoms with E-state index >= 15 is 0 Å². The zero-order valence-electron chi connectivity index (χ0n) is 11.8. The molecule has 0 aliphatic carbocycles. The Hall–Kier alpha value is -2.12. The zero-order valence-corrected chi connectivity index (χ0v) is 11.8. The summed E-state index contributed by atoms with van der Waals surface area (Å²) in [6.07, 6.45) is 0. The van der Waals surface area contributed by atoms with Crippen LogP contribution >= 0.6 is 0 Å². The summed E-state index contributed by atoms with van der Waals surface area (Å²) in [6.45, 7) is 7.11. The number of aromatic nitrogens is 1. The minimum atomic E-state index is 0.717. The molecule has 0 spiro atoms. The summed E-state index contributed by atoms with van der Waals surface area (Å²) in [5.41, 5.74) is 3.74. The smallest absolute Gasteiger partial charge is 0.133 e. The molecule has 1 aliphatic heterocycles. The van der Waals surface area contributed by atoms with Gasteiger partial charge in [0.05, 0.1) is 24.3 Å². The predicted molar refractivity (Wildman–Crippen MR) is 79.0 cm³/mol. The van der Waals surface area contributed by atoms with Crippen LogP contribution in [-0.2, 0) is 4.74 Å². The molecule has 0 atom stereocenters. The number of aryl methyl sites for hydroxylation is 1. The molecule has 1 aromatic carbocycles. The van der Waals surface area contributed by atoms with Crippen molar-refractivity contribution in [3.05, 3.63) is 34.9 Å². The topological polar surface area (TPSA) is 49.2 Å². The van der Waals surface area contributed by atoms with Crippen LogP contribution in [0.3, 0.4) is 0 Å². The number of morpholine rings is 1. The van der Waals surface area contributed by atoms with Crippen molar-refractivity contribution < 1.29 is 4.74 Å². The maximum absolute atomic E-state index is 9.51. The number of ether oxygens (including phenoxy) is 1. The first kappa shape index (κ1) is 12.9. The summed E-state index contributed by atoms with van der Waals surface area (Å²) < 4.78 is 5.39. The molecule has 0 N–H and O–H groups in total. The molecule has 0 bridgehead atoms. The molecule has 0 unspecified atom stereocenters. The van der Waals surface area contributed by atoms with Gasteiger partial charge in [0.15, 0.2) is 0 Å². The van der Waals surface area contributed by atoms with E-state index in [1.807, 2.05) is 32.0 Å². The van der Waals surface area contributed by atoms with Gasteiger partial charge in [-0.05, 0) is 26.0 Å². The lowest BCUT2D eigenvalue weighted by atomic mass is 10.0. The van der Waals surface area contributed by atoms with E-state index in [2.05, 4.69) is 11.0 Å². The average molecular weight is 267 g/mol. The molecule has 1 fully saturated rings. The molecular formula is C16H17N3O. The zero-order chi connectivity index (χ0) is 14.1. The molecule has 1 saturated heterocycles. The van der Waals surface area contributed by atoms with E-state index < -0.39 is 0 Å². The summed E-state index contributed by atoms with van der Waals surface area (Å²) >= 11 is 0. The van der Waals surface area contributed by atoms with E-state index in [1.165, 1.54) is 0 Å². The molecule has 1 aromatic heterocycles. The van der Waals surface area contributed by atoms with Crippen molar-refractivity contribution in [2.45, 2.75) is 13.8 Å². The van der Waals surface area contributed by atoms with E-state index in [0.717, 1.165) is 59.7 Å². The van der Waals surface area contributed by atoms with Gasteiger partial charge in [-0.1, -0.05) is 11.6 Å². The van der Waals surface area contributed by atoms with Crippen LogP contribution in [0.25, 0.3) is 10.9 Å². The fraction of sp³-hybridized carbons (Fsp3) is 0.375. The first-order valence-corrected chi connectivity index (χ1v) is 6.84. The molecule has 0 saturated carbocycles. The second-order valence-corrected chi connectivity index (χ2v) is 5.17. The van der Waals surface area contributed by atoms with Gasteiger partial charge in [-0.2, -0.15) is 5.26 Å². The second-order valence-electron chi connectivity index (χ2n) is 5.17. The van der Waals surface area contributed by atoms with Gasteiger partial charge in [-0.25, -0.2) is 4.98 Å². The maximum atomic E-state index is 9.51. The highest BCUT2D eigenvalue weighted by molar-refractivity contribution is 5.89. The van der Waals surface area contributed by atoms with Gasteiger partial charge in [0.25, 0.3) is 0 Å². The lowest BCUT2D eigenvalue weighted by molar-refractivity contribution is 0.122. The third-order valence-electron chi connectivity index (χ3n) is 3.78. The molecule has 102 valence electrons. The van der Waals surface area contributed by atoms with Gasteiger partial charge < -0.3 is 9.64 Å². The highest BCUT2D eigenvalue weighted by atomic mass is 16.5. The van der Waals surface area contributed by atoms with Crippen molar-refractivity contribution in [1.29, 1.82) is 5.26 Å². The largest absolute Gasteiger partial charge is 0.378 e. The number of fused-ring (bicyclic) bond motifs is 1. The fourth-order valence-electron chi connectivity index (χ4n) is 2.69. The number of pyridine rings is 1. The van der Waals surface area contributed by atoms with E-state index in [4.69, 9.17) is 9.72 Å². The quantitative estimate of drug-likeness (QED) is 0.796. The molecule has 4 heteroatoms. The van der Waals surface area contributed by atoms with Crippen LogP contribution in [0.1, 0.15) is 16.7 Å². The summed E-state index contributed by atoms with van der Waals surface area (Å²) in [6, 6.07) is 8.42. The second kappa shape index (κ2) is 5.10. The number of rotatable bonds is 1.